The standard InChI is InChI=1S/C11H9Br2N3O3/c12-7-1-5-6(3-15-9(5)2-8(7)13)11(18)16-19-4-10(14)17/h1-3,15H,4H2,(H2,14,17)(H,16,18). The molecule has 0 aliphatic heterocycles. The first kappa shape index (κ1) is 14.0. The van der Waals surface area contributed by atoms with Gasteiger partial charge in [0, 0.05) is 26.0 Å². The highest BCUT2D eigenvalue weighted by molar-refractivity contribution is 9.13. The van der Waals surface area contributed by atoms with Gasteiger partial charge in [0.25, 0.3) is 5.91 Å². The minimum atomic E-state index is -0.661. The van der Waals surface area contributed by atoms with E-state index in [4.69, 9.17) is 5.73 Å². The molecule has 0 spiro atoms. The van der Waals surface area contributed by atoms with Crippen molar-refractivity contribution in [3.63, 3.8) is 0 Å². The second-order valence-corrected chi connectivity index (χ2v) is 5.41. The molecule has 4 N–H and O–H groups in total. The molecule has 2 amide bonds. The maximum atomic E-state index is 11.9. The maximum absolute atomic E-state index is 11.9. The van der Waals surface area contributed by atoms with Crippen molar-refractivity contribution in [2.45, 2.75) is 0 Å². The molecule has 19 heavy (non-hydrogen) atoms. The zero-order valence-electron chi connectivity index (χ0n) is 9.50. The van der Waals surface area contributed by atoms with E-state index in [-0.39, 0.29) is 6.61 Å². The topological polar surface area (TPSA) is 97.2 Å². The highest BCUT2D eigenvalue weighted by Gasteiger charge is 2.13. The van der Waals surface area contributed by atoms with Crippen molar-refractivity contribution in [1.29, 1.82) is 0 Å². The van der Waals surface area contributed by atoms with Crippen LogP contribution in [0.15, 0.2) is 27.3 Å². The van der Waals surface area contributed by atoms with Crippen LogP contribution in [0.5, 0.6) is 0 Å². The molecule has 0 atom stereocenters. The number of primary amides is 1. The summed E-state index contributed by atoms with van der Waals surface area (Å²) in [4.78, 5) is 30.0. The summed E-state index contributed by atoms with van der Waals surface area (Å²) in [7, 11) is 0. The Bertz CT molecular complexity index is 654. The predicted molar refractivity (Wildman–Crippen MR) is 76.3 cm³/mol. The number of nitrogens with two attached hydrogens (primary N) is 1. The minimum Gasteiger partial charge on any atom is -0.368 e. The van der Waals surface area contributed by atoms with E-state index in [1.54, 1.807) is 12.3 Å². The van der Waals surface area contributed by atoms with Crippen molar-refractivity contribution in [2.75, 3.05) is 6.61 Å². The number of H-pyrrole nitrogens is 1. The van der Waals surface area contributed by atoms with Crippen molar-refractivity contribution in [3.8, 4) is 0 Å². The molecule has 0 fully saturated rings. The zero-order chi connectivity index (χ0) is 14.0. The van der Waals surface area contributed by atoms with Crippen molar-refractivity contribution >= 4 is 54.6 Å². The second-order valence-electron chi connectivity index (χ2n) is 3.70. The smallest absolute Gasteiger partial charge is 0.277 e. The lowest BCUT2D eigenvalue weighted by molar-refractivity contribution is -0.124. The van der Waals surface area contributed by atoms with Crippen LogP contribution >= 0.6 is 31.9 Å². The molecule has 0 unspecified atom stereocenters. The monoisotopic (exact) mass is 389 g/mol. The number of carbonyl (C=O) groups is 2. The van der Waals surface area contributed by atoms with Crippen LogP contribution in [0.25, 0.3) is 10.9 Å². The van der Waals surface area contributed by atoms with E-state index in [9.17, 15) is 9.59 Å². The third-order valence-corrected chi connectivity index (χ3v) is 4.19. The normalized spacial score (nSPS) is 10.6. The molecule has 0 saturated carbocycles. The fourth-order valence-electron chi connectivity index (χ4n) is 1.53. The molecule has 2 rings (SSSR count). The lowest BCUT2D eigenvalue weighted by Gasteiger charge is -2.03. The predicted octanol–water partition coefficient (Wildman–Crippen LogP) is 1.84. The van der Waals surface area contributed by atoms with Crippen LogP contribution in [-0.4, -0.2) is 23.4 Å². The molecule has 100 valence electrons. The molecule has 0 radical (unpaired) electrons. The number of rotatable bonds is 4. The fourth-order valence-corrected chi connectivity index (χ4v) is 2.22. The van der Waals surface area contributed by atoms with E-state index in [1.165, 1.54) is 0 Å². The van der Waals surface area contributed by atoms with Gasteiger partial charge in [-0.05, 0) is 44.0 Å². The first-order valence-corrected chi connectivity index (χ1v) is 6.74. The molecule has 1 aromatic heterocycles. The van der Waals surface area contributed by atoms with Crippen molar-refractivity contribution in [1.82, 2.24) is 10.5 Å². The van der Waals surface area contributed by atoms with Crippen LogP contribution < -0.4 is 11.2 Å². The molecule has 1 aromatic carbocycles. The maximum Gasteiger partial charge on any atom is 0.277 e. The van der Waals surface area contributed by atoms with Crippen molar-refractivity contribution in [2.24, 2.45) is 5.73 Å². The van der Waals surface area contributed by atoms with Crippen LogP contribution in [0.1, 0.15) is 10.4 Å². The molecule has 6 nitrogen and oxygen atoms in total. The van der Waals surface area contributed by atoms with Crippen LogP contribution in [0.3, 0.4) is 0 Å². The van der Waals surface area contributed by atoms with Crippen molar-refractivity contribution < 1.29 is 14.4 Å². The number of hydrogen-bond acceptors (Lipinski definition) is 3. The summed E-state index contributed by atoms with van der Waals surface area (Å²) < 4.78 is 1.70. The molecule has 0 bridgehead atoms. The Labute approximate surface area is 124 Å². The van der Waals surface area contributed by atoms with Gasteiger partial charge in [-0.2, -0.15) is 0 Å². The number of aromatic nitrogens is 1. The summed E-state index contributed by atoms with van der Waals surface area (Å²) in [5.74, 6) is -1.12. The number of nitrogens with one attached hydrogen (secondary N) is 2. The van der Waals surface area contributed by atoms with E-state index < -0.39 is 11.8 Å². The molecule has 0 aliphatic carbocycles. The SMILES string of the molecule is NC(=O)CONC(=O)c1c[nH]c2cc(Br)c(Br)cc12. The minimum absolute atomic E-state index is 0.372. The molecular weight excluding hydrogens is 382 g/mol. The Morgan fingerprint density at radius 1 is 1.32 bits per heavy atom. The summed E-state index contributed by atoms with van der Waals surface area (Å²) in [6, 6.07) is 3.65. The van der Waals surface area contributed by atoms with E-state index in [1.807, 2.05) is 6.07 Å². The van der Waals surface area contributed by atoms with Crippen LogP contribution in [0, 0.1) is 0 Å². The zero-order valence-corrected chi connectivity index (χ0v) is 12.7. The number of hydroxylamine groups is 1. The van der Waals surface area contributed by atoms with E-state index in [0.29, 0.717) is 5.56 Å². The third kappa shape index (κ3) is 3.14. The highest BCUT2D eigenvalue weighted by atomic mass is 79.9. The van der Waals surface area contributed by atoms with Gasteiger partial charge in [-0.15, -0.1) is 0 Å². The largest absolute Gasteiger partial charge is 0.368 e. The van der Waals surface area contributed by atoms with E-state index in [2.05, 4.69) is 47.2 Å². The van der Waals surface area contributed by atoms with E-state index >= 15 is 0 Å². The van der Waals surface area contributed by atoms with Gasteiger partial charge in [-0.1, -0.05) is 0 Å². The lowest BCUT2D eigenvalue weighted by Crippen LogP contribution is -2.29. The number of aromatic amines is 1. The van der Waals surface area contributed by atoms with Gasteiger partial charge < -0.3 is 10.7 Å². The van der Waals surface area contributed by atoms with Crippen molar-refractivity contribution in [3.05, 3.63) is 32.8 Å². The quantitative estimate of drug-likeness (QED) is 0.694. The fraction of sp³-hybridized carbons (Fsp3) is 0.0909. The number of carbonyl (C=O) groups excluding carboxylic acids is 2. The average Bonchev–Trinajstić information content (AvgIpc) is 2.72. The summed E-state index contributed by atoms with van der Waals surface area (Å²) in [5.41, 5.74) is 8.26. The Morgan fingerprint density at radius 3 is 2.68 bits per heavy atom. The number of amides is 2. The summed E-state index contributed by atoms with van der Waals surface area (Å²) >= 11 is 6.75. The molecule has 8 heteroatoms. The number of fused-ring (bicyclic) bond motifs is 1. The highest BCUT2D eigenvalue weighted by Crippen LogP contribution is 2.29. The Kier molecular flexibility index (Phi) is 4.23. The lowest BCUT2D eigenvalue weighted by atomic mass is 10.2. The first-order valence-electron chi connectivity index (χ1n) is 5.15. The first-order chi connectivity index (χ1) is 8.99. The van der Waals surface area contributed by atoms with Crippen LogP contribution in [-0.2, 0) is 9.63 Å². The Balaban J connectivity index is 2.23. The summed E-state index contributed by atoms with van der Waals surface area (Å²) in [6.45, 7) is -0.372. The van der Waals surface area contributed by atoms with Gasteiger partial charge in [0.15, 0.2) is 6.61 Å². The molecular formula is C11H9Br2N3O3. The summed E-state index contributed by atoms with van der Waals surface area (Å²) in [6.07, 6.45) is 1.56. The third-order valence-electron chi connectivity index (χ3n) is 2.35. The number of hydrogen-bond donors (Lipinski definition) is 3. The van der Waals surface area contributed by atoms with Crippen LogP contribution in [0.2, 0.25) is 0 Å². The van der Waals surface area contributed by atoms with Gasteiger partial charge in [-0.3, -0.25) is 14.4 Å². The Hall–Kier alpha value is -1.38. The van der Waals surface area contributed by atoms with Gasteiger partial charge in [-0.25, -0.2) is 5.48 Å². The van der Waals surface area contributed by atoms with Gasteiger partial charge in [0.05, 0.1) is 5.56 Å². The molecule has 0 aliphatic rings. The van der Waals surface area contributed by atoms with Crippen LogP contribution in [0.4, 0.5) is 0 Å². The molecule has 1 heterocycles. The average molecular weight is 391 g/mol. The van der Waals surface area contributed by atoms with Gasteiger partial charge >= 0.3 is 0 Å². The van der Waals surface area contributed by atoms with Gasteiger partial charge in [0.2, 0.25) is 5.91 Å². The van der Waals surface area contributed by atoms with E-state index in [0.717, 1.165) is 19.8 Å². The summed E-state index contributed by atoms with van der Waals surface area (Å²) in [5, 5.41) is 0.732. The second kappa shape index (κ2) is 5.72. The molecule has 0 saturated heterocycles. The molecule has 2 aromatic rings. The van der Waals surface area contributed by atoms with Gasteiger partial charge in [0.1, 0.15) is 0 Å². The Morgan fingerprint density at radius 2 is 2.00 bits per heavy atom. The number of benzene rings is 1. The number of halogens is 2.